The molecule has 0 saturated carbocycles. The van der Waals surface area contributed by atoms with Crippen molar-refractivity contribution >= 4 is 17.3 Å². The van der Waals surface area contributed by atoms with Crippen LogP contribution in [-0.2, 0) is 0 Å². The first-order valence-electron chi connectivity index (χ1n) is 6.58. The molecule has 3 N–H and O–H groups in total. The first kappa shape index (κ1) is 16.9. The fraction of sp³-hybridized carbons (Fsp3) is 0.500. The maximum absolute atomic E-state index is 13.3. The Morgan fingerprint density at radius 2 is 2.05 bits per heavy atom. The minimum Gasteiger partial charge on any atom is -0.396 e. The number of halogens is 1. The van der Waals surface area contributed by atoms with Gasteiger partial charge in [0.25, 0.3) is 11.6 Å². The summed E-state index contributed by atoms with van der Waals surface area (Å²) in [6.45, 7) is 8.34. The van der Waals surface area contributed by atoms with Crippen LogP contribution in [0.15, 0.2) is 12.1 Å². The van der Waals surface area contributed by atoms with E-state index in [1.807, 2.05) is 27.7 Å². The minimum atomic E-state index is -0.916. The lowest BCUT2D eigenvalue weighted by Crippen LogP contribution is -2.37. The van der Waals surface area contributed by atoms with Crippen molar-refractivity contribution in [2.75, 3.05) is 12.3 Å². The zero-order valence-corrected chi connectivity index (χ0v) is 12.6. The minimum absolute atomic E-state index is 0.171. The third kappa shape index (κ3) is 3.90. The van der Waals surface area contributed by atoms with Gasteiger partial charge in [0, 0.05) is 6.54 Å². The Morgan fingerprint density at radius 1 is 1.48 bits per heavy atom. The molecule has 1 amide bonds. The van der Waals surface area contributed by atoms with Gasteiger partial charge in [-0.25, -0.2) is 4.39 Å². The van der Waals surface area contributed by atoms with Gasteiger partial charge in [0.1, 0.15) is 5.56 Å². The van der Waals surface area contributed by atoms with Crippen molar-refractivity contribution in [3.63, 3.8) is 0 Å². The van der Waals surface area contributed by atoms with Crippen LogP contribution in [-0.4, -0.2) is 17.4 Å². The van der Waals surface area contributed by atoms with Crippen molar-refractivity contribution in [2.24, 2.45) is 11.3 Å². The third-order valence-corrected chi connectivity index (χ3v) is 3.82. The number of nitro groups is 1. The van der Waals surface area contributed by atoms with Gasteiger partial charge >= 0.3 is 0 Å². The predicted molar refractivity (Wildman–Crippen MR) is 78.4 cm³/mol. The molecule has 0 aliphatic rings. The number of rotatable bonds is 5. The third-order valence-electron chi connectivity index (χ3n) is 3.82. The van der Waals surface area contributed by atoms with E-state index in [9.17, 15) is 19.3 Å². The van der Waals surface area contributed by atoms with Gasteiger partial charge in [0.2, 0.25) is 0 Å². The summed E-state index contributed by atoms with van der Waals surface area (Å²) in [5, 5.41) is 13.6. The number of hydrogen-bond acceptors (Lipinski definition) is 4. The Labute approximate surface area is 122 Å². The van der Waals surface area contributed by atoms with E-state index in [1.54, 1.807) is 0 Å². The molecule has 7 heteroatoms. The van der Waals surface area contributed by atoms with Gasteiger partial charge in [-0.3, -0.25) is 14.9 Å². The molecule has 0 aliphatic heterocycles. The zero-order valence-electron chi connectivity index (χ0n) is 12.6. The molecule has 6 nitrogen and oxygen atoms in total. The number of carbonyl (C=O) groups excluding carboxylic acids is 1. The highest BCUT2D eigenvalue weighted by Crippen LogP contribution is 2.27. The molecule has 0 radical (unpaired) electrons. The number of nitro benzene ring substituents is 1. The lowest BCUT2D eigenvalue weighted by molar-refractivity contribution is -0.385. The summed E-state index contributed by atoms with van der Waals surface area (Å²) in [7, 11) is 0. The van der Waals surface area contributed by atoms with Crippen molar-refractivity contribution in [3.8, 4) is 0 Å². The molecule has 1 rings (SSSR count). The van der Waals surface area contributed by atoms with Crippen LogP contribution in [0.5, 0.6) is 0 Å². The molecule has 0 heterocycles. The van der Waals surface area contributed by atoms with Crippen LogP contribution in [0.1, 0.15) is 38.1 Å². The van der Waals surface area contributed by atoms with Gasteiger partial charge in [-0.1, -0.05) is 27.7 Å². The van der Waals surface area contributed by atoms with Gasteiger partial charge < -0.3 is 11.1 Å². The van der Waals surface area contributed by atoms with E-state index in [1.165, 1.54) is 0 Å². The average Bonchev–Trinajstić information content (AvgIpc) is 2.38. The highest BCUT2D eigenvalue weighted by molar-refractivity contribution is 5.99. The molecule has 0 fully saturated rings. The molecule has 0 aliphatic carbocycles. The van der Waals surface area contributed by atoms with Crippen LogP contribution >= 0.6 is 0 Å². The molecule has 1 aromatic rings. The van der Waals surface area contributed by atoms with Crippen LogP contribution in [0.4, 0.5) is 15.8 Å². The summed E-state index contributed by atoms with van der Waals surface area (Å²) >= 11 is 0. The van der Waals surface area contributed by atoms with Gasteiger partial charge in [0.05, 0.1) is 16.7 Å². The highest BCUT2D eigenvalue weighted by atomic mass is 19.1. The summed E-state index contributed by atoms with van der Waals surface area (Å²) in [4.78, 5) is 22.2. The van der Waals surface area contributed by atoms with E-state index >= 15 is 0 Å². The Balaban J connectivity index is 3.03. The van der Waals surface area contributed by atoms with Crippen molar-refractivity contribution in [3.05, 3.63) is 33.6 Å². The SMILES string of the molecule is CC(C)C(C)(C)CNC(=O)c1cc(N)c(F)cc1[N+](=O)[O-]. The fourth-order valence-corrected chi connectivity index (χ4v) is 1.52. The summed E-state index contributed by atoms with van der Waals surface area (Å²) < 4.78 is 13.3. The first-order chi connectivity index (χ1) is 9.56. The average molecular weight is 297 g/mol. The molecule has 0 atom stereocenters. The molecule has 116 valence electrons. The van der Waals surface area contributed by atoms with Crippen LogP contribution in [0, 0.1) is 27.3 Å². The van der Waals surface area contributed by atoms with E-state index in [0.29, 0.717) is 18.5 Å². The first-order valence-corrected chi connectivity index (χ1v) is 6.58. The van der Waals surface area contributed by atoms with E-state index in [-0.39, 0.29) is 16.7 Å². The number of nitrogens with two attached hydrogens (primary N) is 1. The van der Waals surface area contributed by atoms with Crippen LogP contribution in [0.2, 0.25) is 0 Å². The topological polar surface area (TPSA) is 98.3 Å². The molecule has 0 bridgehead atoms. The van der Waals surface area contributed by atoms with Gasteiger partial charge in [-0.05, 0) is 17.4 Å². The second-order valence-electron chi connectivity index (χ2n) is 5.97. The fourth-order valence-electron chi connectivity index (χ4n) is 1.52. The monoisotopic (exact) mass is 297 g/mol. The molecular formula is C14H20FN3O3. The van der Waals surface area contributed by atoms with Crippen LogP contribution < -0.4 is 11.1 Å². The molecule has 1 aromatic carbocycles. The standard InChI is InChI=1S/C14H20FN3O3/c1-8(2)14(3,4)7-17-13(19)9-5-11(16)10(15)6-12(9)18(20)21/h5-6,8H,7,16H2,1-4H3,(H,17,19). The van der Waals surface area contributed by atoms with Gasteiger partial charge in [-0.15, -0.1) is 0 Å². The quantitative estimate of drug-likeness (QED) is 0.496. The Hall–Kier alpha value is -2.18. The number of amides is 1. The number of benzene rings is 1. The zero-order chi connectivity index (χ0) is 16.4. The number of nitrogens with one attached hydrogen (secondary N) is 1. The lowest BCUT2D eigenvalue weighted by atomic mass is 9.81. The second kappa shape index (κ2) is 6.07. The van der Waals surface area contributed by atoms with E-state index in [0.717, 1.165) is 6.07 Å². The predicted octanol–water partition coefficient (Wildman–Crippen LogP) is 2.73. The summed E-state index contributed by atoms with van der Waals surface area (Å²) in [5.41, 5.74) is 4.08. The van der Waals surface area contributed by atoms with E-state index in [2.05, 4.69) is 5.32 Å². The summed E-state index contributed by atoms with van der Waals surface area (Å²) in [6.07, 6.45) is 0. The molecule has 0 saturated heterocycles. The van der Waals surface area contributed by atoms with Crippen molar-refractivity contribution < 1.29 is 14.1 Å². The lowest BCUT2D eigenvalue weighted by Gasteiger charge is -2.29. The van der Waals surface area contributed by atoms with E-state index in [4.69, 9.17) is 5.73 Å². The Kier molecular flexibility index (Phi) is 4.88. The Morgan fingerprint density at radius 3 is 2.52 bits per heavy atom. The summed E-state index contributed by atoms with van der Waals surface area (Å²) in [5.74, 6) is -1.24. The number of nitrogens with zero attached hydrogens (tertiary/aromatic N) is 1. The van der Waals surface area contributed by atoms with Crippen molar-refractivity contribution in [2.45, 2.75) is 27.7 Å². The molecule has 0 spiro atoms. The number of hydrogen-bond donors (Lipinski definition) is 2. The largest absolute Gasteiger partial charge is 0.396 e. The van der Waals surface area contributed by atoms with Crippen LogP contribution in [0.25, 0.3) is 0 Å². The summed E-state index contributed by atoms with van der Waals surface area (Å²) in [6, 6.07) is 1.66. The van der Waals surface area contributed by atoms with Crippen molar-refractivity contribution in [1.29, 1.82) is 0 Å². The number of nitrogen functional groups attached to an aromatic ring is 1. The smallest absolute Gasteiger partial charge is 0.285 e. The maximum atomic E-state index is 13.3. The normalized spacial score (nSPS) is 11.5. The van der Waals surface area contributed by atoms with Crippen LogP contribution in [0.3, 0.4) is 0 Å². The van der Waals surface area contributed by atoms with E-state index < -0.39 is 22.3 Å². The molecule has 0 aromatic heterocycles. The second-order valence-corrected chi connectivity index (χ2v) is 5.97. The number of anilines is 1. The van der Waals surface area contributed by atoms with Gasteiger partial charge in [0.15, 0.2) is 5.82 Å². The molecule has 0 unspecified atom stereocenters. The highest BCUT2D eigenvalue weighted by Gasteiger charge is 2.26. The number of carbonyl (C=O) groups is 1. The molecular weight excluding hydrogens is 277 g/mol. The van der Waals surface area contributed by atoms with Crippen molar-refractivity contribution in [1.82, 2.24) is 5.32 Å². The Bertz CT molecular complexity index is 571. The maximum Gasteiger partial charge on any atom is 0.285 e. The van der Waals surface area contributed by atoms with Gasteiger partial charge in [-0.2, -0.15) is 0 Å². The molecule has 21 heavy (non-hydrogen) atoms.